The highest BCUT2D eigenvalue weighted by molar-refractivity contribution is 8.00. The molecule has 0 aliphatic heterocycles. The number of aromatic nitrogens is 1. The lowest BCUT2D eigenvalue weighted by Crippen LogP contribution is -2.22. The quantitative estimate of drug-likeness (QED) is 0.139. The van der Waals surface area contributed by atoms with Gasteiger partial charge in [-0.05, 0) is 73.2 Å². The van der Waals surface area contributed by atoms with Gasteiger partial charge in [0.25, 0.3) is 0 Å². The summed E-state index contributed by atoms with van der Waals surface area (Å²) in [6.07, 6.45) is 0. The summed E-state index contributed by atoms with van der Waals surface area (Å²) in [7, 11) is 0. The number of benzene rings is 4. The zero-order valence-corrected chi connectivity index (χ0v) is 23.3. The number of fused-ring (bicyclic) bond motifs is 1. The van der Waals surface area contributed by atoms with E-state index in [0.29, 0.717) is 10.2 Å². The van der Waals surface area contributed by atoms with Crippen molar-refractivity contribution in [3.63, 3.8) is 0 Å². The lowest BCUT2D eigenvalue weighted by Gasteiger charge is -2.13. The molecule has 0 radical (unpaired) electrons. The second-order valence-corrected chi connectivity index (χ2v) is 11.5. The third-order valence-corrected chi connectivity index (χ3v) is 7.92. The molecule has 1 amide bonds. The summed E-state index contributed by atoms with van der Waals surface area (Å²) < 4.78 is 0. The Morgan fingerprint density at radius 2 is 1.63 bits per heavy atom. The van der Waals surface area contributed by atoms with E-state index in [2.05, 4.69) is 51.3 Å². The third kappa shape index (κ3) is 6.58. The number of rotatable bonds is 7. The molecule has 5 nitrogen and oxygen atoms in total. The summed E-state index contributed by atoms with van der Waals surface area (Å²) in [4.78, 5) is 18.5. The molecule has 38 heavy (non-hydrogen) atoms. The molecule has 0 fully saturated rings. The van der Waals surface area contributed by atoms with Gasteiger partial charge in [-0.25, -0.2) is 4.98 Å². The Morgan fingerprint density at radius 1 is 0.868 bits per heavy atom. The summed E-state index contributed by atoms with van der Waals surface area (Å²) in [5.41, 5.74) is 4.85. The number of hydrogen-bond acceptors (Lipinski definition) is 5. The lowest BCUT2D eigenvalue weighted by atomic mass is 10.1. The van der Waals surface area contributed by atoms with Gasteiger partial charge in [0, 0.05) is 27.2 Å². The molecule has 1 atom stereocenters. The van der Waals surface area contributed by atoms with Crippen LogP contribution in [-0.4, -0.2) is 21.3 Å². The van der Waals surface area contributed by atoms with Crippen LogP contribution in [0.2, 0.25) is 0 Å². The van der Waals surface area contributed by atoms with Crippen molar-refractivity contribution in [2.45, 2.75) is 24.0 Å². The smallest absolute Gasteiger partial charge is 0.239 e. The summed E-state index contributed by atoms with van der Waals surface area (Å²) in [6, 6.07) is 30.4. The minimum atomic E-state index is -0.309. The summed E-state index contributed by atoms with van der Waals surface area (Å²) in [5.74, 6) is -0.0932. The number of nitrogens with one attached hydrogen (secondary N) is 3. The molecule has 5 rings (SSSR count). The van der Waals surface area contributed by atoms with E-state index in [0.717, 1.165) is 32.9 Å². The first-order valence-electron chi connectivity index (χ1n) is 12.1. The maximum absolute atomic E-state index is 12.9. The molecule has 0 spiro atoms. The Labute approximate surface area is 235 Å². The Bertz CT molecular complexity index is 1600. The van der Waals surface area contributed by atoms with E-state index in [4.69, 9.17) is 12.2 Å². The van der Waals surface area contributed by atoms with E-state index in [1.54, 1.807) is 0 Å². The SMILES string of the molecule is Cc1ccc(NC(=S)Nc2cccc(SC(C)C(=O)Nc3nc(-c4ccc5ccccc5c4)cs3)c2)cc1. The molecular formula is C30H26N4OS3. The van der Waals surface area contributed by atoms with E-state index in [1.807, 2.05) is 79.9 Å². The van der Waals surface area contributed by atoms with Crippen molar-refractivity contribution in [1.29, 1.82) is 0 Å². The predicted molar refractivity (Wildman–Crippen MR) is 166 cm³/mol. The number of hydrogen-bond donors (Lipinski definition) is 3. The van der Waals surface area contributed by atoms with Gasteiger partial charge in [-0.1, -0.05) is 60.2 Å². The van der Waals surface area contributed by atoms with Crippen LogP contribution in [0.25, 0.3) is 22.0 Å². The monoisotopic (exact) mass is 554 g/mol. The number of thioether (sulfide) groups is 1. The van der Waals surface area contributed by atoms with Crippen LogP contribution in [0.5, 0.6) is 0 Å². The van der Waals surface area contributed by atoms with E-state index in [9.17, 15) is 4.79 Å². The van der Waals surface area contributed by atoms with Crippen molar-refractivity contribution in [3.05, 3.63) is 102 Å². The first-order valence-corrected chi connectivity index (χ1v) is 14.3. The van der Waals surface area contributed by atoms with Crippen molar-refractivity contribution in [2.75, 3.05) is 16.0 Å². The number of thiazole rings is 1. The number of nitrogens with zero attached hydrogens (tertiary/aromatic N) is 1. The van der Waals surface area contributed by atoms with Crippen LogP contribution in [0.4, 0.5) is 16.5 Å². The zero-order valence-electron chi connectivity index (χ0n) is 20.9. The van der Waals surface area contributed by atoms with Gasteiger partial charge in [0.2, 0.25) is 5.91 Å². The maximum Gasteiger partial charge on any atom is 0.239 e. The van der Waals surface area contributed by atoms with Crippen LogP contribution in [-0.2, 0) is 4.79 Å². The van der Waals surface area contributed by atoms with Gasteiger partial charge in [0.15, 0.2) is 10.2 Å². The third-order valence-electron chi connectivity index (χ3n) is 5.86. The van der Waals surface area contributed by atoms with E-state index >= 15 is 0 Å². The molecule has 8 heteroatoms. The number of aryl methyl sites for hydroxylation is 1. The maximum atomic E-state index is 12.9. The summed E-state index contributed by atoms with van der Waals surface area (Å²) in [5, 5.41) is 14.5. The Kier molecular flexibility index (Phi) is 8.03. The van der Waals surface area contributed by atoms with E-state index < -0.39 is 0 Å². The van der Waals surface area contributed by atoms with Crippen molar-refractivity contribution in [1.82, 2.24) is 4.98 Å². The lowest BCUT2D eigenvalue weighted by molar-refractivity contribution is -0.115. The number of carbonyl (C=O) groups excluding carboxylic acids is 1. The van der Waals surface area contributed by atoms with Crippen molar-refractivity contribution in [3.8, 4) is 11.3 Å². The van der Waals surface area contributed by atoms with Crippen LogP contribution < -0.4 is 16.0 Å². The number of amides is 1. The van der Waals surface area contributed by atoms with Gasteiger partial charge in [-0.3, -0.25) is 4.79 Å². The van der Waals surface area contributed by atoms with Gasteiger partial charge in [0.1, 0.15) is 0 Å². The molecular weight excluding hydrogens is 529 g/mol. The largest absolute Gasteiger partial charge is 0.332 e. The summed E-state index contributed by atoms with van der Waals surface area (Å²) in [6.45, 7) is 3.94. The second-order valence-electron chi connectivity index (χ2n) is 8.82. The number of carbonyl (C=O) groups is 1. The average molecular weight is 555 g/mol. The molecule has 1 unspecified atom stereocenters. The average Bonchev–Trinajstić information content (AvgIpc) is 3.38. The fraction of sp³-hybridized carbons (Fsp3) is 0.100. The molecule has 0 saturated heterocycles. The van der Waals surface area contributed by atoms with Crippen LogP contribution >= 0.6 is 35.3 Å². The van der Waals surface area contributed by atoms with Crippen LogP contribution in [0, 0.1) is 6.92 Å². The molecule has 5 aromatic rings. The molecule has 3 N–H and O–H groups in total. The standard InChI is InChI=1S/C30H26N4OS3/c1-19-10-14-24(15-11-19)31-29(36)32-25-8-5-9-26(17-25)38-20(2)28(35)34-30-33-27(18-37-30)23-13-12-21-6-3-4-7-22(21)16-23/h3-18,20H,1-2H3,(H2,31,32,36)(H,33,34,35). The number of thiocarbonyl (C=S) groups is 1. The van der Waals surface area contributed by atoms with Gasteiger partial charge in [0.05, 0.1) is 10.9 Å². The molecule has 0 bridgehead atoms. The highest BCUT2D eigenvalue weighted by Crippen LogP contribution is 2.30. The van der Waals surface area contributed by atoms with Crippen LogP contribution in [0.15, 0.2) is 101 Å². The highest BCUT2D eigenvalue weighted by atomic mass is 32.2. The predicted octanol–water partition coefficient (Wildman–Crippen LogP) is 8.20. The fourth-order valence-corrected chi connectivity index (χ4v) is 5.74. The number of anilines is 3. The van der Waals surface area contributed by atoms with Crippen LogP contribution in [0.1, 0.15) is 12.5 Å². The molecule has 1 aromatic heterocycles. The normalized spacial score (nSPS) is 11.6. The Balaban J connectivity index is 1.17. The minimum Gasteiger partial charge on any atom is -0.332 e. The van der Waals surface area contributed by atoms with Gasteiger partial charge < -0.3 is 16.0 Å². The second kappa shape index (κ2) is 11.8. The summed E-state index contributed by atoms with van der Waals surface area (Å²) >= 11 is 8.37. The van der Waals surface area contributed by atoms with Crippen molar-refractivity contribution < 1.29 is 4.79 Å². The topological polar surface area (TPSA) is 66.0 Å². The first-order chi connectivity index (χ1) is 18.4. The molecule has 0 saturated carbocycles. The minimum absolute atomic E-state index is 0.0932. The molecule has 0 aliphatic carbocycles. The van der Waals surface area contributed by atoms with Gasteiger partial charge in [-0.15, -0.1) is 23.1 Å². The van der Waals surface area contributed by atoms with E-state index in [1.165, 1.54) is 34.0 Å². The van der Waals surface area contributed by atoms with Gasteiger partial charge in [-0.2, -0.15) is 0 Å². The van der Waals surface area contributed by atoms with Crippen molar-refractivity contribution >= 4 is 73.6 Å². The zero-order chi connectivity index (χ0) is 26.5. The van der Waals surface area contributed by atoms with E-state index in [-0.39, 0.29) is 11.2 Å². The van der Waals surface area contributed by atoms with Crippen LogP contribution in [0.3, 0.4) is 0 Å². The Morgan fingerprint density at radius 3 is 2.45 bits per heavy atom. The molecule has 0 aliphatic rings. The van der Waals surface area contributed by atoms with Crippen molar-refractivity contribution in [2.24, 2.45) is 0 Å². The molecule has 1 heterocycles. The molecule has 4 aromatic carbocycles. The fourth-order valence-electron chi connectivity index (χ4n) is 3.85. The van der Waals surface area contributed by atoms with Gasteiger partial charge >= 0.3 is 0 Å². The molecule has 190 valence electrons. The first kappa shape index (κ1) is 25.9. The highest BCUT2D eigenvalue weighted by Gasteiger charge is 2.17. The Hall–Kier alpha value is -3.72.